The van der Waals surface area contributed by atoms with E-state index in [1.54, 1.807) is 0 Å². The van der Waals surface area contributed by atoms with Crippen LogP contribution in [-0.4, -0.2) is 12.5 Å². The molecule has 4 aromatic rings. The second kappa shape index (κ2) is 9.88. The molecule has 3 aromatic carbocycles. The quantitative estimate of drug-likeness (QED) is 0.353. The predicted octanol–water partition coefficient (Wildman–Crippen LogP) is 6.63. The largest absolute Gasteiger partial charge is 0.484 e. The zero-order valence-electron chi connectivity index (χ0n) is 18.5. The number of hydrogen-bond acceptors (Lipinski definition) is 4. The molecule has 0 radical (unpaired) electrons. The number of nitrogens with zero attached hydrogens (tertiary/aromatic N) is 1. The molecule has 33 heavy (non-hydrogen) atoms. The fourth-order valence-electron chi connectivity index (χ4n) is 3.57. The first-order valence-corrected chi connectivity index (χ1v) is 10.8. The fourth-order valence-corrected chi connectivity index (χ4v) is 3.57. The Morgan fingerprint density at radius 1 is 0.970 bits per heavy atom. The molecular formula is C28H24N2O3. The molecule has 0 unspecified atom stereocenters. The van der Waals surface area contributed by atoms with E-state index in [9.17, 15) is 10.1 Å². The molecule has 0 aliphatic carbocycles. The summed E-state index contributed by atoms with van der Waals surface area (Å²) >= 11 is 0. The predicted molar refractivity (Wildman–Crippen MR) is 129 cm³/mol. The highest BCUT2D eigenvalue weighted by Gasteiger charge is 2.24. The number of nitriles is 1. The van der Waals surface area contributed by atoms with Crippen LogP contribution < -0.4 is 10.1 Å². The minimum Gasteiger partial charge on any atom is -0.484 e. The van der Waals surface area contributed by atoms with Gasteiger partial charge in [-0.2, -0.15) is 5.26 Å². The van der Waals surface area contributed by atoms with Crippen LogP contribution in [0, 0.1) is 11.3 Å². The monoisotopic (exact) mass is 436 g/mol. The number of rotatable bonds is 7. The van der Waals surface area contributed by atoms with Gasteiger partial charge in [0.25, 0.3) is 5.91 Å². The molecule has 4 rings (SSSR count). The highest BCUT2D eigenvalue weighted by atomic mass is 16.5. The van der Waals surface area contributed by atoms with E-state index in [1.165, 1.54) is 0 Å². The van der Waals surface area contributed by atoms with E-state index in [-0.39, 0.29) is 18.1 Å². The van der Waals surface area contributed by atoms with Gasteiger partial charge in [-0.1, -0.05) is 86.6 Å². The molecule has 0 fully saturated rings. The van der Waals surface area contributed by atoms with E-state index in [4.69, 9.17) is 9.15 Å². The summed E-state index contributed by atoms with van der Waals surface area (Å²) in [5.74, 6) is 1.20. The number of carbonyl (C=O) groups excluding carboxylic acids is 1. The molecule has 1 aromatic heterocycles. The van der Waals surface area contributed by atoms with Gasteiger partial charge in [0.1, 0.15) is 23.1 Å². The second-order valence-electron chi connectivity index (χ2n) is 7.92. The third-order valence-corrected chi connectivity index (χ3v) is 5.27. The molecule has 164 valence electrons. The summed E-state index contributed by atoms with van der Waals surface area (Å²) in [5, 5.41) is 12.6. The van der Waals surface area contributed by atoms with E-state index in [0.29, 0.717) is 23.0 Å². The lowest BCUT2D eigenvalue weighted by Gasteiger charge is -2.09. The van der Waals surface area contributed by atoms with Crippen molar-refractivity contribution >= 4 is 11.8 Å². The second-order valence-corrected chi connectivity index (χ2v) is 7.92. The Morgan fingerprint density at radius 3 is 2.27 bits per heavy atom. The van der Waals surface area contributed by atoms with Gasteiger partial charge in [-0.25, -0.2) is 0 Å². The number of nitrogens with one attached hydrogen (secondary N) is 1. The summed E-state index contributed by atoms with van der Waals surface area (Å²) in [4.78, 5) is 12.7. The topological polar surface area (TPSA) is 75.3 Å². The molecular weight excluding hydrogens is 412 g/mol. The number of carbonyl (C=O) groups is 1. The van der Waals surface area contributed by atoms with Crippen LogP contribution in [-0.2, 0) is 4.79 Å². The van der Waals surface area contributed by atoms with Gasteiger partial charge < -0.3 is 9.15 Å². The van der Waals surface area contributed by atoms with E-state index in [1.807, 2.05) is 84.9 Å². The summed E-state index contributed by atoms with van der Waals surface area (Å²) in [6.07, 6.45) is 0. The van der Waals surface area contributed by atoms with Crippen LogP contribution in [0.15, 0.2) is 89.3 Å². The van der Waals surface area contributed by atoms with Crippen molar-refractivity contribution in [2.24, 2.45) is 0 Å². The van der Waals surface area contributed by atoms with Crippen molar-refractivity contribution in [3.8, 4) is 34.3 Å². The molecule has 1 heterocycles. The summed E-state index contributed by atoms with van der Waals surface area (Å²) in [6, 6.07) is 28.9. The Labute approximate surface area is 193 Å². The van der Waals surface area contributed by atoms with Gasteiger partial charge in [0.2, 0.25) is 5.88 Å². The Hall–Kier alpha value is -4.30. The third kappa shape index (κ3) is 4.97. The Kier molecular flexibility index (Phi) is 6.56. The third-order valence-electron chi connectivity index (χ3n) is 5.27. The van der Waals surface area contributed by atoms with E-state index in [0.717, 1.165) is 16.7 Å². The molecule has 0 spiro atoms. The number of hydrogen-bond donors (Lipinski definition) is 1. The Balaban J connectivity index is 1.61. The zero-order chi connectivity index (χ0) is 23.2. The maximum absolute atomic E-state index is 12.7. The van der Waals surface area contributed by atoms with E-state index in [2.05, 4.69) is 25.2 Å². The molecule has 0 aliphatic heterocycles. The van der Waals surface area contributed by atoms with Crippen LogP contribution >= 0.6 is 0 Å². The van der Waals surface area contributed by atoms with Crippen LogP contribution in [0.5, 0.6) is 5.75 Å². The van der Waals surface area contributed by atoms with Crippen LogP contribution in [0.25, 0.3) is 22.5 Å². The van der Waals surface area contributed by atoms with Crippen LogP contribution in [0.3, 0.4) is 0 Å². The SMILES string of the molecule is CC(C)c1cccc(OCC(=O)Nc2oc(-c3ccccc3)c(-c3ccccc3)c2C#N)c1. The summed E-state index contributed by atoms with van der Waals surface area (Å²) in [6.45, 7) is 4.00. The molecule has 5 nitrogen and oxygen atoms in total. The number of furan rings is 1. The van der Waals surface area contributed by atoms with Crippen molar-refractivity contribution in [3.05, 3.63) is 96.1 Å². The van der Waals surface area contributed by atoms with Gasteiger partial charge in [-0.3, -0.25) is 10.1 Å². The van der Waals surface area contributed by atoms with Gasteiger partial charge in [0.05, 0.1) is 0 Å². The van der Waals surface area contributed by atoms with Gasteiger partial charge >= 0.3 is 0 Å². The average Bonchev–Trinajstić information content (AvgIpc) is 3.22. The maximum Gasteiger partial charge on any atom is 0.264 e. The molecule has 0 bridgehead atoms. The Morgan fingerprint density at radius 2 is 1.64 bits per heavy atom. The molecule has 1 amide bonds. The first-order valence-electron chi connectivity index (χ1n) is 10.8. The molecule has 5 heteroatoms. The minimum atomic E-state index is -0.408. The van der Waals surface area contributed by atoms with Crippen molar-refractivity contribution in [2.75, 3.05) is 11.9 Å². The summed E-state index contributed by atoms with van der Waals surface area (Å²) < 4.78 is 11.7. The molecule has 1 N–H and O–H groups in total. The van der Waals surface area contributed by atoms with Gasteiger partial charge in [0, 0.05) is 11.1 Å². The zero-order valence-corrected chi connectivity index (χ0v) is 18.5. The fraction of sp³-hybridized carbons (Fsp3) is 0.143. The Bertz CT molecular complexity index is 1290. The molecule has 0 saturated heterocycles. The highest BCUT2D eigenvalue weighted by molar-refractivity contribution is 5.96. The van der Waals surface area contributed by atoms with E-state index >= 15 is 0 Å². The number of anilines is 1. The van der Waals surface area contributed by atoms with Crippen LogP contribution in [0.4, 0.5) is 5.88 Å². The first kappa shape index (κ1) is 21.9. The lowest BCUT2D eigenvalue weighted by Crippen LogP contribution is -2.20. The standard InChI is InChI=1S/C28H24N2O3/c1-19(2)22-14-9-15-23(16-22)32-18-25(31)30-28-24(17-29)26(20-10-5-3-6-11-20)27(33-28)21-12-7-4-8-13-21/h3-16,19H,18H2,1-2H3,(H,30,31). The summed E-state index contributed by atoms with van der Waals surface area (Å²) in [5.41, 5.74) is 3.69. The van der Waals surface area contributed by atoms with Crippen molar-refractivity contribution in [1.29, 1.82) is 5.26 Å². The number of ether oxygens (including phenoxy) is 1. The van der Waals surface area contributed by atoms with Gasteiger partial charge in [0.15, 0.2) is 6.61 Å². The van der Waals surface area contributed by atoms with Crippen molar-refractivity contribution in [1.82, 2.24) is 0 Å². The number of amides is 1. The summed E-state index contributed by atoms with van der Waals surface area (Å²) in [7, 11) is 0. The van der Waals surface area contributed by atoms with Crippen molar-refractivity contribution < 1.29 is 13.9 Å². The van der Waals surface area contributed by atoms with Crippen LogP contribution in [0.1, 0.15) is 30.9 Å². The lowest BCUT2D eigenvalue weighted by molar-refractivity contribution is -0.118. The lowest BCUT2D eigenvalue weighted by atomic mass is 9.98. The number of benzene rings is 3. The molecule has 0 saturated carbocycles. The highest BCUT2D eigenvalue weighted by Crippen LogP contribution is 2.41. The van der Waals surface area contributed by atoms with E-state index < -0.39 is 5.91 Å². The van der Waals surface area contributed by atoms with Gasteiger partial charge in [-0.15, -0.1) is 0 Å². The normalized spacial score (nSPS) is 10.6. The van der Waals surface area contributed by atoms with Gasteiger partial charge in [-0.05, 0) is 29.2 Å². The molecule has 0 atom stereocenters. The average molecular weight is 437 g/mol. The minimum absolute atomic E-state index is 0.111. The molecule has 0 aliphatic rings. The maximum atomic E-state index is 12.7. The smallest absolute Gasteiger partial charge is 0.264 e. The van der Waals surface area contributed by atoms with Crippen LogP contribution in [0.2, 0.25) is 0 Å². The first-order chi connectivity index (χ1) is 16.1. The van der Waals surface area contributed by atoms with Crippen molar-refractivity contribution in [3.63, 3.8) is 0 Å². The van der Waals surface area contributed by atoms with Crippen molar-refractivity contribution in [2.45, 2.75) is 19.8 Å².